The van der Waals surface area contributed by atoms with E-state index in [1.165, 1.54) is 0 Å². The van der Waals surface area contributed by atoms with Gasteiger partial charge in [-0.2, -0.15) is 0 Å². The summed E-state index contributed by atoms with van der Waals surface area (Å²) in [5.41, 5.74) is 0. The Morgan fingerprint density at radius 2 is 1.89 bits per heavy atom. The number of hydrogen-bond donors (Lipinski definition) is 1. The predicted molar refractivity (Wildman–Crippen MR) is 77.8 cm³/mol. The van der Waals surface area contributed by atoms with E-state index in [2.05, 4.69) is 33.0 Å². The highest BCUT2D eigenvalue weighted by Crippen LogP contribution is 2.23. The molecule has 1 heterocycles. The predicted octanol–water partition coefficient (Wildman–Crippen LogP) is 2.24. The van der Waals surface area contributed by atoms with Crippen LogP contribution in [0, 0.1) is 11.8 Å². The summed E-state index contributed by atoms with van der Waals surface area (Å²) in [6, 6.07) is -0.0311. The molecule has 0 saturated carbocycles. The second-order valence-electron chi connectivity index (χ2n) is 6.17. The second kappa shape index (κ2) is 7.25. The lowest BCUT2D eigenvalue weighted by Gasteiger charge is -2.27. The monoisotopic (exact) mass is 270 g/mol. The van der Waals surface area contributed by atoms with Crippen molar-refractivity contribution < 1.29 is 9.53 Å². The summed E-state index contributed by atoms with van der Waals surface area (Å²) in [4.78, 5) is 14.5. The molecule has 1 rings (SSSR count). The van der Waals surface area contributed by atoms with E-state index in [0.717, 1.165) is 6.42 Å². The minimum Gasteiger partial charge on any atom is -0.377 e. The van der Waals surface area contributed by atoms with Crippen molar-refractivity contribution in [1.82, 2.24) is 10.2 Å². The molecule has 3 atom stereocenters. The molecule has 4 heteroatoms. The summed E-state index contributed by atoms with van der Waals surface area (Å²) in [6.07, 6.45) is 1.38. The van der Waals surface area contributed by atoms with Crippen molar-refractivity contribution in [3.8, 4) is 0 Å². The van der Waals surface area contributed by atoms with Crippen LogP contribution in [0.15, 0.2) is 0 Å². The Kier molecular flexibility index (Phi) is 6.27. The first-order valence-corrected chi connectivity index (χ1v) is 7.56. The number of ether oxygens (including phenoxy) is 1. The van der Waals surface area contributed by atoms with Gasteiger partial charge in [0.05, 0.1) is 24.9 Å². The zero-order valence-corrected chi connectivity index (χ0v) is 13.3. The van der Waals surface area contributed by atoms with Crippen LogP contribution in [-0.4, -0.2) is 42.3 Å². The molecule has 0 radical (unpaired) electrons. The van der Waals surface area contributed by atoms with Gasteiger partial charge in [-0.05, 0) is 25.7 Å². The number of amides is 1. The maximum atomic E-state index is 12.5. The van der Waals surface area contributed by atoms with Gasteiger partial charge in [0.25, 0.3) is 0 Å². The van der Waals surface area contributed by atoms with Crippen molar-refractivity contribution >= 4 is 5.91 Å². The Labute approximate surface area is 117 Å². The Bertz CT molecular complexity index is 292. The van der Waals surface area contributed by atoms with Crippen molar-refractivity contribution in [3.63, 3.8) is 0 Å². The SMILES string of the molecule is CCC(C)C1NC(C(C)C)N(CCOC(C)C)C1=O. The molecule has 112 valence electrons. The standard InChI is InChI=1S/C15H30N2O2/c1-7-12(6)13-15(18)17(8-9-19-11(4)5)14(16-13)10(2)3/h10-14,16H,7-9H2,1-6H3. The normalized spacial score (nSPS) is 25.7. The first kappa shape index (κ1) is 16.4. The van der Waals surface area contributed by atoms with E-state index in [9.17, 15) is 4.79 Å². The highest BCUT2D eigenvalue weighted by atomic mass is 16.5. The summed E-state index contributed by atoms with van der Waals surface area (Å²) < 4.78 is 5.58. The number of rotatable bonds is 7. The summed E-state index contributed by atoms with van der Waals surface area (Å²) in [5.74, 6) is 1.03. The van der Waals surface area contributed by atoms with Gasteiger partial charge < -0.3 is 9.64 Å². The van der Waals surface area contributed by atoms with E-state index in [-0.39, 0.29) is 24.2 Å². The van der Waals surface area contributed by atoms with Crippen molar-refractivity contribution in [2.45, 2.75) is 66.3 Å². The lowest BCUT2D eigenvalue weighted by molar-refractivity contribution is -0.132. The quantitative estimate of drug-likeness (QED) is 0.771. The average Bonchev–Trinajstić information content (AvgIpc) is 2.66. The molecule has 1 fully saturated rings. The molecule has 0 aromatic rings. The van der Waals surface area contributed by atoms with E-state index in [4.69, 9.17) is 4.74 Å². The third kappa shape index (κ3) is 4.18. The molecule has 1 amide bonds. The van der Waals surface area contributed by atoms with Crippen molar-refractivity contribution in [1.29, 1.82) is 0 Å². The molecule has 19 heavy (non-hydrogen) atoms. The molecule has 1 aliphatic rings. The van der Waals surface area contributed by atoms with E-state index in [1.54, 1.807) is 0 Å². The largest absolute Gasteiger partial charge is 0.377 e. The number of carbonyl (C=O) groups excluding carboxylic acids is 1. The molecular formula is C15H30N2O2. The second-order valence-corrected chi connectivity index (χ2v) is 6.17. The van der Waals surface area contributed by atoms with Gasteiger partial charge in [-0.25, -0.2) is 0 Å². The lowest BCUT2D eigenvalue weighted by Crippen LogP contribution is -2.43. The molecule has 1 aliphatic heterocycles. The average molecular weight is 270 g/mol. The first-order valence-electron chi connectivity index (χ1n) is 7.56. The Hall–Kier alpha value is -0.610. The third-order valence-corrected chi connectivity index (χ3v) is 3.86. The van der Waals surface area contributed by atoms with Crippen LogP contribution in [0.2, 0.25) is 0 Å². The van der Waals surface area contributed by atoms with Crippen LogP contribution in [-0.2, 0) is 9.53 Å². The van der Waals surface area contributed by atoms with Gasteiger partial charge >= 0.3 is 0 Å². The van der Waals surface area contributed by atoms with Gasteiger partial charge in [-0.15, -0.1) is 0 Å². The van der Waals surface area contributed by atoms with Gasteiger partial charge in [0.2, 0.25) is 5.91 Å². The van der Waals surface area contributed by atoms with Crippen molar-refractivity contribution in [2.75, 3.05) is 13.2 Å². The third-order valence-electron chi connectivity index (χ3n) is 3.86. The van der Waals surface area contributed by atoms with Gasteiger partial charge in [-0.3, -0.25) is 10.1 Å². The fraction of sp³-hybridized carbons (Fsp3) is 0.933. The van der Waals surface area contributed by atoms with Crippen LogP contribution >= 0.6 is 0 Å². The molecule has 4 nitrogen and oxygen atoms in total. The summed E-state index contributed by atoms with van der Waals surface area (Å²) in [5, 5.41) is 3.50. The van der Waals surface area contributed by atoms with Gasteiger partial charge in [0.1, 0.15) is 0 Å². The number of carbonyl (C=O) groups is 1. The van der Waals surface area contributed by atoms with E-state index in [0.29, 0.717) is 25.0 Å². The minimum atomic E-state index is -0.0311. The van der Waals surface area contributed by atoms with Crippen molar-refractivity contribution in [3.05, 3.63) is 0 Å². The lowest BCUT2D eigenvalue weighted by atomic mass is 9.99. The molecule has 0 aliphatic carbocycles. The molecule has 0 bridgehead atoms. The zero-order valence-electron chi connectivity index (χ0n) is 13.3. The first-order chi connectivity index (χ1) is 8.88. The van der Waals surface area contributed by atoms with Gasteiger partial charge in [0, 0.05) is 6.54 Å². The van der Waals surface area contributed by atoms with E-state index >= 15 is 0 Å². The number of nitrogens with zero attached hydrogens (tertiary/aromatic N) is 1. The number of hydrogen-bond acceptors (Lipinski definition) is 3. The summed E-state index contributed by atoms with van der Waals surface area (Å²) in [6.45, 7) is 13.9. The van der Waals surface area contributed by atoms with Gasteiger partial charge in [0.15, 0.2) is 0 Å². The Morgan fingerprint density at radius 1 is 1.26 bits per heavy atom. The molecule has 3 unspecified atom stereocenters. The fourth-order valence-electron chi connectivity index (χ4n) is 2.49. The van der Waals surface area contributed by atoms with Crippen LogP contribution in [0.1, 0.15) is 48.0 Å². The van der Waals surface area contributed by atoms with Crippen LogP contribution in [0.3, 0.4) is 0 Å². The van der Waals surface area contributed by atoms with Crippen LogP contribution in [0.5, 0.6) is 0 Å². The maximum absolute atomic E-state index is 12.5. The highest BCUT2D eigenvalue weighted by Gasteiger charge is 2.41. The van der Waals surface area contributed by atoms with Crippen LogP contribution < -0.4 is 5.32 Å². The zero-order chi connectivity index (χ0) is 14.6. The smallest absolute Gasteiger partial charge is 0.241 e. The van der Waals surface area contributed by atoms with Crippen LogP contribution in [0.4, 0.5) is 0 Å². The topological polar surface area (TPSA) is 41.6 Å². The summed E-state index contributed by atoms with van der Waals surface area (Å²) in [7, 11) is 0. The van der Waals surface area contributed by atoms with E-state index < -0.39 is 0 Å². The maximum Gasteiger partial charge on any atom is 0.241 e. The Balaban J connectivity index is 2.66. The van der Waals surface area contributed by atoms with Crippen molar-refractivity contribution in [2.24, 2.45) is 11.8 Å². The molecule has 1 saturated heterocycles. The Morgan fingerprint density at radius 3 is 2.37 bits per heavy atom. The molecule has 1 N–H and O–H groups in total. The minimum absolute atomic E-state index is 0.0311. The molecular weight excluding hydrogens is 240 g/mol. The highest BCUT2D eigenvalue weighted by molar-refractivity contribution is 5.84. The molecule has 0 aromatic carbocycles. The summed E-state index contributed by atoms with van der Waals surface area (Å²) >= 11 is 0. The van der Waals surface area contributed by atoms with Gasteiger partial charge in [-0.1, -0.05) is 34.1 Å². The molecule has 0 spiro atoms. The molecule has 0 aromatic heterocycles. The fourth-order valence-corrected chi connectivity index (χ4v) is 2.49. The number of nitrogens with one attached hydrogen (secondary N) is 1. The van der Waals surface area contributed by atoms with Crippen LogP contribution in [0.25, 0.3) is 0 Å². The van der Waals surface area contributed by atoms with E-state index in [1.807, 2.05) is 18.7 Å².